The van der Waals surface area contributed by atoms with Crippen LogP contribution >= 0.6 is 0 Å². The Bertz CT molecular complexity index is 455. The van der Waals surface area contributed by atoms with E-state index in [0.717, 1.165) is 19.3 Å². The topological polar surface area (TPSA) is 68.9 Å². The maximum atomic E-state index is 9.71. The lowest BCUT2D eigenvalue weighted by molar-refractivity contribution is 0.149. The van der Waals surface area contributed by atoms with E-state index in [-0.39, 0.29) is 12.1 Å². The molecule has 2 unspecified atom stereocenters. The number of nitrogens with zero attached hydrogens (tertiary/aromatic N) is 2. The summed E-state index contributed by atoms with van der Waals surface area (Å²) in [4.78, 5) is 4.22. The van der Waals surface area contributed by atoms with Crippen LogP contribution in [0.25, 0.3) is 0 Å². The first kappa shape index (κ1) is 12.8. The SMILES string of the molecule is CC1CCCC(CO)(Nc2ncccc2C#N)C1. The van der Waals surface area contributed by atoms with E-state index >= 15 is 0 Å². The Kier molecular flexibility index (Phi) is 3.83. The zero-order valence-corrected chi connectivity index (χ0v) is 10.7. The summed E-state index contributed by atoms with van der Waals surface area (Å²) >= 11 is 0. The van der Waals surface area contributed by atoms with Crippen LogP contribution in [0, 0.1) is 17.2 Å². The predicted molar refractivity (Wildman–Crippen MR) is 70.0 cm³/mol. The predicted octanol–water partition coefficient (Wildman–Crippen LogP) is 2.31. The molecule has 1 aliphatic carbocycles. The summed E-state index contributed by atoms with van der Waals surface area (Å²) in [7, 11) is 0. The largest absolute Gasteiger partial charge is 0.394 e. The molecular weight excluding hydrogens is 226 g/mol. The van der Waals surface area contributed by atoms with Crippen molar-refractivity contribution in [3.05, 3.63) is 23.9 Å². The van der Waals surface area contributed by atoms with Crippen molar-refractivity contribution < 1.29 is 5.11 Å². The fourth-order valence-corrected chi connectivity index (χ4v) is 2.80. The summed E-state index contributed by atoms with van der Waals surface area (Å²) in [5.41, 5.74) is 0.209. The van der Waals surface area contributed by atoms with E-state index in [1.807, 2.05) is 0 Å². The minimum Gasteiger partial charge on any atom is -0.394 e. The molecule has 0 radical (unpaired) electrons. The van der Waals surface area contributed by atoms with Crippen molar-refractivity contribution in [2.45, 2.75) is 38.1 Å². The molecule has 1 saturated carbocycles. The standard InChI is InChI=1S/C14H19N3O/c1-11-4-2-6-14(8-11,10-18)17-13-12(9-15)5-3-7-16-13/h3,5,7,11,18H,2,4,6,8,10H2,1H3,(H,16,17). The minimum atomic E-state index is -0.322. The molecule has 4 heteroatoms. The Morgan fingerprint density at radius 1 is 1.67 bits per heavy atom. The molecule has 0 aromatic carbocycles. The van der Waals surface area contributed by atoms with Gasteiger partial charge in [0.1, 0.15) is 11.9 Å². The van der Waals surface area contributed by atoms with Crippen molar-refractivity contribution in [3.8, 4) is 6.07 Å². The van der Waals surface area contributed by atoms with Crippen molar-refractivity contribution in [2.24, 2.45) is 5.92 Å². The van der Waals surface area contributed by atoms with E-state index < -0.39 is 0 Å². The van der Waals surface area contributed by atoms with Gasteiger partial charge < -0.3 is 10.4 Å². The maximum absolute atomic E-state index is 9.71. The first-order valence-electron chi connectivity index (χ1n) is 6.43. The zero-order valence-electron chi connectivity index (χ0n) is 10.7. The molecule has 1 aromatic heterocycles. The first-order chi connectivity index (χ1) is 8.69. The van der Waals surface area contributed by atoms with E-state index in [4.69, 9.17) is 5.26 Å². The number of pyridine rings is 1. The normalized spacial score (nSPS) is 27.5. The van der Waals surface area contributed by atoms with E-state index in [1.54, 1.807) is 18.3 Å². The van der Waals surface area contributed by atoms with Gasteiger partial charge in [-0.05, 0) is 30.9 Å². The minimum absolute atomic E-state index is 0.0821. The smallest absolute Gasteiger partial charge is 0.144 e. The number of aliphatic hydroxyl groups is 1. The molecule has 0 saturated heterocycles. The Morgan fingerprint density at radius 3 is 3.17 bits per heavy atom. The van der Waals surface area contributed by atoms with Gasteiger partial charge in [-0.3, -0.25) is 0 Å². The summed E-state index contributed by atoms with van der Waals surface area (Å²) < 4.78 is 0. The molecule has 96 valence electrons. The average molecular weight is 245 g/mol. The van der Waals surface area contributed by atoms with Crippen molar-refractivity contribution in [3.63, 3.8) is 0 Å². The number of nitrogens with one attached hydrogen (secondary N) is 1. The molecule has 0 amide bonds. The number of hydrogen-bond acceptors (Lipinski definition) is 4. The van der Waals surface area contributed by atoms with Crippen molar-refractivity contribution in [2.75, 3.05) is 11.9 Å². The highest BCUT2D eigenvalue weighted by Gasteiger charge is 2.35. The van der Waals surface area contributed by atoms with Gasteiger partial charge in [0.2, 0.25) is 0 Å². The molecule has 0 spiro atoms. The third-order valence-corrected chi connectivity index (χ3v) is 3.71. The highest BCUT2D eigenvalue weighted by Crippen LogP contribution is 2.34. The van der Waals surface area contributed by atoms with Gasteiger partial charge >= 0.3 is 0 Å². The van der Waals surface area contributed by atoms with Gasteiger partial charge in [0.15, 0.2) is 0 Å². The van der Waals surface area contributed by atoms with Gasteiger partial charge in [-0.25, -0.2) is 4.98 Å². The number of rotatable bonds is 3. The van der Waals surface area contributed by atoms with Crippen LogP contribution in [0.5, 0.6) is 0 Å². The summed E-state index contributed by atoms with van der Waals surface area (Å²) in [5, 5.41) is 22.1. The monoisotopic (exact) mass is 245 g/mol. The van der Waals surface area contributed by atoms with Crippen LogP contribution in [0.1, 0.15) is 38.2 Å². The van der Waals surface area contributed by atoms with Gasteiger partial charge in [0.25, 0.3) is 0 Å². The van der Waals surface area contributed by atoms with Crippen LogP contribution in [0.3, 0.4) is 0 Å². The molecule has 4 nitrogen and oxygen atoms in total. The molecular formula is C14H19N3O. The average Bonchev–Trinajstić information content (AvgIpc) is 2.39. The fourth-order valence-electron chi connectivity index (χ4n) is 2.80. The first-order valence-corrected chi connectivity index (χ1v) is 6.43. The second kappa shape index (κ2) is 5.36. The van der Waals surface area contributed by atoms with E-state index in [1.165, 1.54) is 6.42 Å². The van der Waals surface area contributed by atoms with Gasteiger partial charge in [0, 0.05) is 6.20 Å². The summed E-state index contributed by atoms with van der Waals surface area (Å²) in [6, 6.07) is 5.62. The van der Waals surface area contributed by atoms with Crippen molar-refractivity contribution >= 4 is 5.82 Å². The third kappa shape index (κ3) is 2.62. The second-order valence-corrected chi connectivity index (χ2v) is 5.28. The summed E-state index contributed by atoms with van der Waals surface area (Å²) in [6.45, 7) is 2.29. The van der Waals surface area contributed by atoms with E-state index in [9.17, 15) is 5.11 Å². The maximum Gasteiger partial charge on any atom is 0.144 e. The number of aliphatic hydroxyl groups excluding tert-OH is 1. The number of aromatic nitrogens is 1. The zero-order chi connectivity index (χ0) is 13.0. The van der Waals surface area contributed by atoms with Crippen LogP contribution < -0.4 is 5.32 Å². The lowest BCUT2D eigenvalue weighted by Crippen LogP contribution is -2.46. The van der Waals surface area contributed by atoms with E-state index in [0.29, 0.717) is 17.3 Å². The molecule has 18 heavy (non-hydrogen) atoms. The lowest BCUT2D eigenvalue weighted by Gasteiger charge is -2.39. The number of nitriles is 1. The Hall–Kier alpha value is -1.60. The summed E-state index contributed by atoms with van der Waals surface area (Å²) in [6.07, 6.45) is 5.82. The van der Waals surface area contributed by atoms with Crippen LogP contribution in [-0.2, 0) is 0 Å². The molecule has 2 N–H and O–H groups in total. The van der Waals surface area contributed by atoms with Gasteiger partial charge in [-0.15, -0.1) is 0 Å². The van der Waals surface area contributed by atoms with Crippen molar-refractivity contribution in [1.29, 1.82) is 5.26 Å². The van der Waals surface area contributed by atoms with Crippen LogP contribution in [0.4, 0.5) is 5.82 Å². The Morgan fingerprint density at radius 2 is 2.50 bits per heavy atom. The Labute approximate surface area is 108 Å². The molecule has 0 bridgehead atoms. The number of anilines is 1. The second-order valence-electron chi connectivity index (χ2n) is 5.28. The molecule has 2 atom stereocenters. The molecule has 1 heterocycles. The quantitative estimate of drug-likeness (QED) is 0.857. The Balaban J connectivity index is 2.22. The van der Waals surface area contributed by atoms with Crippen LogP contribution in [0.2, 0.25) is 0 Å². The third-order valence-electron chi connectivity index (χ3n) is 3.71. The van der Waals surface area contributed by atoms with Crippen LogP contribution in [0.15, 0.2) is 18.3 Å². The molecule has 0 aliphatic heterocycles. The molecule has 1 fully saturated rings. The molecule has 1 aromatic rings. The molecule has 2 rings (SSSR count). The van der Waals surface area contributed by atoms with Gasteiger partial charge in [0.05, 0.1) is 17.7 Å². The summed E-state index contributed by atoms with van der Waals surface area (Å²) in [5.74, 6) is 1.18. The van der Waals surface area contributed by atoms with Crippen molar-refractivity contribution in [1.82, 2.24) is 4.98 Å². The number of hydrogen-bond donors (Lipinski definition) is 2. The highest BCUT2D eigenvalue weighted by atomic mass is 16.3. The highest BCUT2D eigenvalue weighted by molar-refractivity contribution is 5.52. The fraction of sp³-hybridized carbons (Fsp3) is 0.571. The van der Waals surface area contributed by atoms with Crippen LogP contribution in [-0.4, -0.2) is 22.2 Å². The van der Waals surface area contributed by atoms with E-state index in [2.05, 4.69) is 23.3 Å². The lowest BCUT2D eigenvalue weighted by atomic mass is 9.77. The molecule has 1 aliphatic rings. The van der Waals surface area contributed by atoms with Gasteiger partial charge in [-0.1, -0.05) is 19.8 Å². The van der Waals surface area contributed by atoms with Gasteiger partial charge in [-0.2, -0.15) is 5.26 Å².